The second-order valence-electron chi connectivity index (χ2n) is 4.73. The molecule has 0 spiro atoms. The molecule has 1 aliphatic heterocycles. The number of H-pyrrole nitrogens is 1. The second-order valence-corrected chi connectivity index (χ2v) is 5.87. The Bertz CT molecular complexity index is 844. The number of aliphatic hydroxyl groups excluding tert-OH is 2. The maximum atomic E-state index is 11.7. The molecule has 2 aromatic rings. The number of nitrogen functional groups attached to an aromatic ring is 1. The van der Waals surface area contributed by atoms with E-state index in [0.717, 1.165) is 10.9 Å². The molecule has 0 amide bonds. The predicted molar refractivity (Wildman–Crippen MR) is 69.4 cm³/mol. The minimum Gasteiger partial charge on any atom is -0.756 e. The molecule has 0 saturated carbocycles. The molecular formula is C9H11N5O8P-. The Balaban J connectivity index is 1.99. The van der Waals surface area contributed by atoms with Gasteiger partial charge in [0.05, 0.1) is 6.33 Å². The number of phosphoric ester groups is 1. The summed E-state index contributed by atoms with van der Waals surface area (Å²) in [6.45, 7) is 0. The number of fused-ring (bicyclic) bond motifs is 1. The summed E-state index contributed by atoms with van der Waals surface area (Å²) < 4.78 is 21.0. The van der Waals surface area contributed by atoms with Crippen molar-refractivity contribution in [2.24, 2.45) is 0 Å². The van der Waals surface area contributed by atoms with E-state index in [2.05, 4.69) is 19.5 Å². The lowest BCUT2D eigenvalue weighted by Crippen LogP contribution is -2.33. The van der Waals surface area contributed by atoms with Crippen LogP contribution in [-0.4, -0.2) is 53.1 Å². The third-order valence-electron chi connectivity index (χ3n) is 3.16. The van der Waals surface area contributed by atoms with Crippen LogP contribution in [-0.2, 0) is 13.8 Å². The fraction of sp³-hybridized carbons (Fsp3) is 0.444. The molecule has 3 rings (SSSR count). The molecule has 1 saturated heterocycles. The van der Waals surface area contributed by atoms with Crippen LogP contribution in [0.1, 0.15) is 6.23 Å². The number of phosphoric acid groups is 1. The van der Waals surface area contributed by atoms with Gasteiger partial charge in [0.15, 0.2) is 23.7 Å². The zero-order valence-electron chi connectivity index (χ0n) is 11.1. The summed E-state index contributed by atoms with van der Waals surface area (Å²) in [5.41, 5.74) is 4.63. The Hall–Kier alpha value is -1.86. The van der Waals surface area contributed by atoms with Crippen LogP contribution >= 0.6 is 7.82 Å². The summed E-state index contributed by atoms with van der Waals surface area (Å²) in [6.07, 6.45) is -5.57. The number of rotatable bonds is 3. The first-order chi connectivity index (χ1) is 10.7. The van der Waals surface area contributed by atoms with E-state index in [4.69, 9.17) is 15.4 Å². The largest absolute Gasteiger partial charge is 0.756 e. The number of hydrogen-bond acceptors (Lipinski definition) is 10. The number of imidazole rings is 1. The van der Waals surface area contributed by atoms with Crippen LogP contribution in [0.4, 0.5) is 5.95 Å². The Kier molecular flexibility index (Phi) is 3.72. The fourth-order valence-corrected chi connectivity index (χ4v) is 2.64. The van der Waals surface area contributed by atoms with Gasteiger partial charge >= 0.3 is 0 Å². The molecule has 0 bridgehead atoms. The van der Waals surface area contributed by atoms with Gasteiger partial charge in [-0.15, -0.1) is 0 Å². The maximum Gasteiger partial charge on any atom is 0.280 e. The van der Waals surface area contributed by atoms with E-state index in [1.54, 1.807) is 0 Å². The SMILES string of the molecule is Nc1nc2c(ncn2C2OC(OP(=O)([O-])O)C(O)C2O)c(=O)[nH]1. The number of anilines is 1. The third-order valence-corrected chi connectivity index (χ3v) is 3.63. The molecule has 5 unspecified atom stereocenters. The quantitative estimate of drug-likeness (QED) is 0.348. The Morgan fingerprint density at radius 1 is 1.48 bits per heavy atom. The van der Waals surface area contributed by atoms with Gasteiger partial charge in [-0.1, -0.05) is 0 Å². The summed E-state index contributed by atoms with van der Waals surface area (Å²) in [4.78, 5) is 40.9. The van der Waals surface area contributed by atoms with Gasteiger partial charge in [0.1, 0.15) is 12.2 Å². The van der Waals surface area contributed by atoms with E-state index in [0.29, 0.717) is 0 Å². The minimum atomic E-state index is -5.21. The molecule has 6 N–H and O–H groups in total. The number of nitrogens with two attached hydrogens (primary N) is 1. The van der Waals surface area contributed by atoms with Crippen LogP contribution in [0.2, 0.25) is 0 Å². The van der Waals surface area contributed by atoms with Gasteiger partial charge in [-0.2, -0.15) is 4.98 Å². The zero-order chi connectivity index (χ0) is 16.9. The molecule has 2 aromatic heterocycles. The molecule has 1 fully saturated rings. The molecule has 1 aliphatic rings. The number of aromatic amines is 1. The van der Waals surface area contributed by atoms with E-state index in [1.165, 1.54) is 0 Å². The normalized spacial score (nSPS) is 30.6. The highest BCUT2D eigenvalue weighted by atomic mass is 31.2. The second kappa shape index (κ2) is 5.35. The van der Waals surface area contributed by atoms with Gasteiger partial charge in [-0.05, 0) is 0 Å². The first kappa shape index (κ1) is 16.0. The first-order valence-corrected chi connectivity index (χ1v) is 7.63. The highest BCUT2D eigenvalue weighted by Crippen LogP contribution is 2.40. The van der Waals surface area contributed by atoms with E-state index in [-0.39, 0.29) is 17.1 Å². The zero-order valence-corrected chi connectivity index (χ0v) is 12.0. The van der Waals surface area contributed by atoms with Gasteiger partial charge in [-0.25, -0.2) is 4.98 Å². The van der Waals surface area contributed by atoms with Crippen molar-refractivity contribution in [1.29, 1.82) is 0 Å². The van der Waals surface area contributed by atoms with Crippen molar-refractivity contribution in [1.82, 2.24) is 19.5 Å². The highest BCUT2D eigenvalue weighted by molar-refractivity contribution is 7.44. The van der Waals surface area contributed by atoms with Crippen molar-refractivity contribution in [3.05, 3.63) is 16.7 Å². The van der Waals surface area contributed by atoms with Crippen molar-refractivity contribution in [2.45, 2.75) is 24.7 Å². The standard InChI is InChI=1S/C9H12N5O8P/c10-9-12-5-2(6(17)13-9)11-1-14(5)7-3(15)4(16)8(21-7)22-23(18,19)20/h1,3-4,7-8,15-16H,(H2,18,19,20)(H3,10,12,13,17)/p-1. The fourth-order valence-electron chi connectivity index (χ4n) is 2.21. The van der Waals surface area contributed by atoms with Crippen LogP contribution in [0.25, 0.3) is 11.2 Å². The lowest BCUT2D eigenvalue weighted by atomic mass is 10.2. The molecule has 13 nitrogen and oxygen atoms in total. The number of aromatic nitrogens is 4. The number of ether oxygens (including phenoxy) is 1. The highest BCUT2D eigenvalue weighted by Gasteiger charge is 2.46. The van der Waals surface area contributed by atoms with E-state index in [9.17, 15) is 24.5 Å². The van der Waals surface area contributed by atoms with Crippen molar-refractivity contribution in [3.63, 3.8) is 0 Å². The number of aliphatic hydroxyl groups is 2. The Labute approximate surface area is 126 Å². The summed E-state index contributed by atoms with van der Waals surface area (Å²) >= 11 is 0. The molecule has 0 aromatic carbocycles. The maximum absolute atomic E-state index is 11.7. The lowest BCUT2D eigenvalue weighted by molar-refractivity contribution is -0.245. The van der Waals surface area contributed by atoms with Gasteiger partial charge < -0.3 is 30.5 Å². The summed E-state index contributed by atoms with van der Waals surface area (Å²) in [5, 5.41) is 19.7. The van der Waals surface area contributed by atoms with Crippen LogP contribution in [0.15, 0.2) is 11.1 Å². The molecule has 23 heavy (non-hydrogen) atoms. The van der Waals surface area contributed by atoms with Crippen molar-refractivity contribution in [2.75, 3.05) is 5.73 Å². The van der Waals surface area contributed by atoms with Gasteiger partial charge in [0.2, 0.25) is 5.95 Å². The molecule has 14 heteroatoms. The summed E-state index contributed by atoms with van der Waals surface area (Å²) in [6, 6.07) is 0. The molecule has 0 aliphatic carbocycles. The van der Waals surface area contributed by atoms with Gasteiger partial charge in [0, 0.05) is 0 Å². The van der Waals surface area contributed by atoms with Crippen molar-refractivity contribution >= 4 is 24.9 Å². The predicted octanol–water partition coefficient (Wildman–Crippen LogP) is -3.24. The molecule has 3 heterocycles. The molecule has 0 radical (unpaired) electrons. The van der Waals surface area contributed by atoms with Crippen LogP contribution in [0.5, 0.6) is 0 Å². The third kappa shape index (κ3) is 2.86. The van der Waals surface area contributed by atoms with E-state index >= 15 is 0 Å². The number of nitrogens with zero attached hydrogens (tertiary/aromatic N) is 3. The molecule has 5 atom stereocenters. The monoisotopic (exact) mass is 348 g/mol. The minimum absolute atomic E-state index is 0.0579. The first-order valence-electron chi connectivity index (χ1n) is 6.13. The van der Waals surface area contributed by atoms with Gasteiger partial charge in [-0.3, -0.25) is 23.4 Å². The van der Waals surface area contributed by atoms with Crippen LogP contribution < -0.4 is 16.2 Å². The van der Waals surface area contributed by atoms with Crippen LogP contribution in [0.3, 0.4) is 0 Å². The average molecular weight is 348 g/mol. The average Bonchev–Trinajstić information content (AvgIpc) is 2.94. The van der Waals surface area contributed by atoms with Crippen LogP contribution in [0, 0.1) is 0 Å². The summed E-state index contributed by atoms with van der Waals surface area (Å²) in [5.74, 6) is -0.218. The summed E-state index contributed by atoms with van der Waals surface area (Å²) in [7, 11) is -5.21. The number of hydrogen-bond donors (Lipinski definition) is 5. The smallest absolute Gasteiger partial charge is 0.280 e. The van der Waals surface area contributed by atoms with Gasteiger partial charge in [0.25, 0.3) is 13.4 Å². The van der Waals surface area contributed by atoms with Crippen molar-refractivity contribution < 1.29 is 33.8 Å². The van der Waals surface area contributed by atoms with Crippen molar-refractivity contribution in [3.8, 4) is 0 Å². The molecule has 126 valence electrons. The van der Waals surface area contributed by atoms with E-state index < -0.39 is 38.1 Å². The Morgan fingerprint density at radius 2 is 2.17 bits per heavy atom. The number of nitrogens with one attached hydrogen (secondary N) is 1. The lowest BCUT2D eigenvalue weighted by Gasteiger charge is -2.22. The van der Waals surface area contributed by atoms with E-state index in [1.807, 2.05) is 0 Å². The topological polar surface area (TPSA) is 209 Å². The Morgan fingerprint density at radius 3 is 2.83 bits per heavy atom. The molecular weight excluding hydrogens is 337 g/mol.